The monoisotopic (exact) mass is 229 g/mol. The number of carboxylic acid groups (broad SMARTS) is 1. The third kappa shape index (κ3) is 2.23. The molecule has 0 aromatic heterocycles. The van der Waals surface area contributed by atoms with Gasteiger partial charge in [0.25, 0.3) is 0 Å². The first-order chi connectivity index (χ1) is 7.32. The number of hydrogen-bond acceptors (Lipinski definition) is 4. The molecular weight excluding hydrogens is 215 g/mol. The lowest BCUT2D eigenvalue weighted by Crippen LogP contribution is -2.26. The SMILES string of the molecule is CCOC(=O)/C(F)=C\C1C(C(=O)[O-])C1(C)C. The molecular formula is C11H14FO4-. The minimum atomic E-state index is -1.22. The maximum absolute atomic E-state index is 13.2. The maximum atomic E-state index is 13.2. The second-order valence-corrected chi connectivity index (χ2v) is 4.38. The molecule has 1 rings (SSSR count). The van der Waals surface area contributed by atoms with Gasteiger partial charge in [0.1, 0.15) is 0 Å². The number of rotatable bonds is 4. The quantitative estimate of drug-likeness (QED) is 0.517. The molecule has 0 radical (unpaired) electrons. The number of hydrogen-bond donors (Lipinski definition) is 0. The summed E-state index contributed by atoms with van der Waals surface area (Å²) in [5.41, 5.74) is -0.567. The summed E-state index contributed by atoms with van der Waals surface area (Å²) in [6.07, 6.45) is 1.01. The van der Waals surface area contributed by atoms with Crippen LogP contribution in [0.25, 0.3) is 0 Å². The fourth-order valence-electron chi connectivity index (χ4n) is 1.86. The molecule has 5 heteroatoms. The Morgan fingerprint density at radius 2 is 2.06 bits per heavy atom. The van der Waals surface area contributed by atoms with Gasteiger partial charge < -0.3 is 14.6 Å². The first-order valence-electron chi connectivity index (χ1n) is 5.07. The van der Waals surface area contributed by atoms with E-state index in [1.54, 1.807) is 20.8 Å². The van der Waals surface area contributed by atoms with Gasteiger partial charge in [-0.3, -0.25) is 0 Å². The fraction of sp³-hybridized carbons (Fsp3) is 0.636. The number of carboxylic acids is 1. The van der Waals surface area contributed by atoms with E-state index in [-0.39, 0.29) is 6.61 Å². The Kier molecular flexibility index (Phi) is 3.35. The van der Waals surface area contributed by atoms with Gasteiger partial charge in [0.2, 0.25) is 5.83 Å². The molecule has 16 heavy (non-hydrogen) atoms. The highest BCUT2D eigenvalue weighted by atomic mass is 19.1. The Hall–Kier alpha value is -1.39. The van der Waals surface area contributed by atoms with Gasteiger partial charge in [-0.05, 0) is 24.3 Å². The van der Waals surface area contributed by atoms with Crippen LogP contribution in [-0.4, -0.2) is 18.5 Å². The maximum Gasteiger partial charge on any atom is 0.366 e. The first-order valence-corrected chi connectivity index (χ1v) is 5.07. The zero-order valence-electron chi connectivity index (χ0n) is 9.45. The number of halogens is 1. The van der Waals surface area contributed by atoms with Gasteiger partial charge in [-0.15, -0.1) is 0 Å². The number of carbonyl (C=O) groups excluding carboxylic acids is 2. The molecule has 1 aliphatic rings. The van der Waals surface area contributed by atoms with Crippen LogP contribution in [0.4, 0.5) is 4.39 Å². The van der Waals surface area contributed by atoms with Crippen LogP contribution in [-0.2, 0) is 14.3 Å². The second kappa shape index (κ2) is 4.23. The third-order valence-electron chi connectivity index (χ3n) is 2.96. The molecule has 4 nitrogen and oxygen atoms in total. The van der Waals surface area contributed by atoms with Crippen LogP contribution in [0.1, 0.15) is 20.8 Å². The lowest BCUT2D eigenvalue weighted by molar-refractivity contribution is -0.309. The summed E-state index contributed by atoms with van der Waals surface area (Å²) in [4.78, 5) is 21.7. The molecule has 1 aliphatic carbocycles. The van der Waals surface area contributed by atoms with Gasteiger partial charge in [-0.1, -0.05) is 13.8 Å². The highest BCUT2D eigenvalue weighted by Gasteiger charge is 2.57. The van der Waals surface area contributed by atoms with Crippen LogP contribution in [0.5, 0.6) is 0 Å². The van der Waals surface area contributed by atoms with Crippen LogP contribution in [0, 0.1) is 17.3 Å². The van der Waals surface area contributed by atoms with Crippen LogP contribution in [0.15, 0.2) is 11.9 Å². The molecule has 0 saturated heterocycles. The average Bonchev–Trinajstić information content (AvgIpc) is 2.68. The summed E-state index contributed by atoms with van der Waals surface area (Å²) in [5, 5.41) is 10.7. The third-order valence-corrected chi connectivity index (χ3v) is 2.96. The normalized spacial score (nSPS) is 27.4. The highest BCUT2D eigenvalue weighted by Crippen LogP contribution is 2.59. The van der Waals surface area contributed by atoms with Crippen molar-refractivity contribution in [1.29, 1.82) is 0 Å². The molecule has 2 unspecified atom stereocenters. The van der Waals surface area contributed by atoms with Crippen molar-refractivity contribution < 1.29 is 23.8 Å². The molecule has 90 valence electrons. The standard InChI is InChI=1S/C11H15FO4/c1-4-16-10(15)7(12)5-6-8(9(13)14)11(6,2)3/h5-6,8H,4H2,1-3H3,(H,13,14)/p-1/b7-5+. The summed E-state index contributed by atoms with van der Waals surface area (Å²) in [5.74, 6) is -4.57. The van der Waals surface area contributed by atoms with E-state index in [1.165, 1.54) is 0 Å². The molecule has 0 aliphatic heterocycles. The van der Waals surface area contributed by atoms with Gasteiger partial charge in [0.05, 0.1) is 6.61 Å². The summed E-state index contributed by atoms with van der Waals surface area (Å²) in [6, 6.07) is 0. The number of aliphatic carboxylic acids is 1. The van der Waals surface area contributed by atoms with Crippen molar-refractivity contribution in [2.24, 2.45) is 17.3 Å². The molecule has 0 bridgehead atoms. The van der Waals surface area contributed by atoms with Crippen molar-refractivity contribution in [3.05, 3.63) is 11.9 Å². The van der Waals surface area contributed by atoms with E-state index in [1.807, 2.05) is 0 Å². The zero-order chi connectivity index (χ0) is 12.5. The Balaban J connectivity index is 2.72. The van der Waals surface area contributed by atoms with Crippen molar-refractivity contribution in [3.8, 4) is 0 Å². The largest absolute Gasteiger partial charge is 0.550 e. The van der Waals surface area contributed by atoms with Crippen molar-refractivity contribution in [1.82, 2.24) is 0 Å². The van der Waals surface area contributed by atoms with Crippen molar-refractivity contribution >= 4 is 11.9 Å². The molecule has 0 heterocycles. The van der Waals surface area contributed by atoms with E-state index in [0.29, 0.717) is 0 Å². The molecule has 1 fully saturated rings. The Morgan fingerprint density at radius 1 is 1.50 bits per heavy atom. The summed E-state index contributed by atoms with van der Waals surface area (Å²) < 4.78 is 17.7. The molecule has 1 saturated carbocycles. The highest BCUT2D eigenvalue weighted by molar-refractivity contribution is 5.86. The molecule has 0 aromatic carbocycles. The van der Waals surface area contributed by atoms with Gasteiger partial charge in [0.15, 0.2) is 0 Å². The molecule has 0 aromatic rings. The number of esters is 1. The summed E-state index contributed by atoms with van der Waals surface area (Å²) >= 11 is 0. The van der Waals surface area contributed by atoms with Crippen LogP contribution in [0.2, 0.25) is 0 Å². The zero-order valence-corrected chi connectivity index (χ0v) is 9.45. The lowest BCUT2D eigenvalue weighted by Gasteiger charge is -2.01. The first kappa shape index (κ1) is 12.7. The smallest absolute Gasteiger partial charge is 0.366 e. The van der Waals surface area contributed by atoms with Gasteiger partial charge in [-0.2, -0.15) is 4.39 Å². The van der Waals surface area contributed by atoms with E-state index in [9.17, 15) is 19.1 Å². The Labute approximate surface area is 93.1 Å². The van der Waals surface area contributed by atoms with Gasteiger partial charge in [0, 0.05) is 11.9 Å². The molecule has 0 amide bonds. The topological polar surface area (TPSA) is 66.4 Å². The van der Waals surface area contributed by atoms with E-state index < -0.39 is 35.0 Å². The summed E-state index contributed by atoms with van der Waals surface area (Å²) in [7, 11) is 0. The van der Waals surface area contributed by atoms with Crippen molar-refractivity contribution in [3.63, 3.8) is 0 Å². The average molecular weight is 229 g/mol. The summed E-state index contributed by atoms with van der Waals surface area (Å²) in [6.45, 7) is 5.02. The van der Waals surface area contributed by atoms with Crippen molar-refractivity contribution in [2.45, 2.75) is 20.8 Å². The fourth-order valence-corrected chi connectivity index (χ4v) is 1.86. The van der Waals surface area contributed by atoms with Crippen molar-refractivity contribution in [2.75, 3.05) is 6.61 Å². The Morgan fingerprint density at radius 3 is 2.44 bits per heavy atom. The van der Waals surface area contributed by atoms with Crippen LogP contribution < -0.4 is 5.11 Å². The second-order valence-electron chi connectivity index (χ2n) is 4.38. The Bertz CT molecular complexity index is 346. The molecule has 0 N–H and O–H groups in total. The molecule has 0 spiro atoms. The number of carbonyl (C=O) groups is 2. The predicted molar refractivity (Wildman–Crippen MR) is 51.6 cm³/mol. The van der Waals surface area contributed by atoms with Crippen LogP contribution in [0.3, 0.4) is 0 Å². The van der Waals surface area contributed by atoms with Gasteiger partial charge >= 0.3 is 5.97 Å². The number of ether oxygens (including phenoxy) is 1. The minimum Gasteiger partial charge on any atom is -0.550 e. The van der Waals surface area contributed by atoms with E-state index in [2.05, 4.69) is 4.74 Å². The predicted octanol–water partition coefficient (Wildman–Crippen LogP) is 0.425. The minimum absolute atomic E-state index is 0.0814. The number of allylic oxidation sites excluding steroid dienone is 1. The van der Waals surface area contributed by atoms with Gasteiger partial charge in [-0.25, -0.2) is 4.79 Å². The molecule has 2 atom stereocenters. The van der Waals surface area contributed by atoms with E-state index in [0.717, 1.165) is 6.08 Å². The lowest BCUT2D eigenvalue weighted by atomic mass is 10.1. The van der Waals surface area contributed by atoms with E-state index in [4.69, 9.17) is 0 Å². The van der Waals surface area contributed by atoms with Crippen LogP contribution >= 0.6 is 0 Å². The van der Waals surface area contributed by atoms with E-state index >= 15 is 0 Å².